The third-order valence-electron chi connectivity index (χ3n) is 2.34. The molecule has 0 bridgehead atoms. The fraction of sp³-hybridized carbons (Fsp3) is 0.667. The minimum atomic E-state index is 0.944. The summed E-state index contributed by atoms with van der Waals surface area (Å²) in [6.07, 6.45) is 5.53. The summed E-state index contributed by atoms with van der Waals surface area (Å²) in [4.78, 5) is 8.98. The standard InChI is InChI=1S/C12H21N3/c1-4-6-8-10-9-12(13-3)15-11(14-10)7-5-2/h9H,4-8H2,1-3H3,(H,13,14,15). The van der Waals surface area contributed by atoms with Gasteiger partial charge < -0.3 is 5.32 Å². The third kappa shape index (κ3) is 3.86. The van der Waals surface area contributed by atoms with Crippen LogP contribution < -0.4 is 5.32 Å². The van der Waals surface area contributed by atoms with E-state index in [0.29, 0.717) is 0 Å². The van der Waals surface area contributed by atoms with E-state index < -0.39 is 0 Å². The SMILES string of the molecule is CCCCc1cc(NC)nc(CCC)n1. The minimum absolute atomic E-state index is 0.944. The van der Waals surface area contributed by atoms with Crippen LogP contribution >= 0.6 is 0 Å². The zero-order chi connectivity index (χ0) is 11.1. The Bertz CT molecular complexity index is 297. The highest BCUT2D eigenvalue weighted by Crippen LogP contribution is 2.10. The van der Waals surface area contributed by atoms with Crippen molar-refractivity contribution >= 4 is 5.82 Å². The fourth-order valence-electron chi connectivity index (χ4n) is 1.50. The van der Waals surface area contributed by atoms with E-state index in [1.165, 1.54) is 18.5 Å². The quantitative estimate of drug-likeness (QED) is 0.779. The lowest BCUT2D eigenvalue weighted by Crippen LogP contribution is -2.03. The van der Waals surface area contributed by atoms with E-state index in [2.05, 4.69) is 35.2 Å². The van der Waals surface area contributed by atoms with E-state index in [4.69, 9.17) is 0 Å². The molecule has 0 unspecified atom stereocenters. The van der Waals surface area contributed by atoms with Gasteiger partial charge in [-0.1, -0.05) is 20.3 Å². The van der Waals surface area contributed by atoms with Gasteiger partial charge in [0.05, 0.1) is 0 Å². The number of rotatable bonds is 6. The number of anilines is 1. The molecule has 15 heavy (non-hydrogen) atoms. The average molecular weight is 207 g/mol. The highest BCUT2D eigenvalue weighted by Gasteiger charge is 2.02. The maximum atomic E-state index is 4.56. The van der Waals surface area contributed by atoms with Gasteiger partial charge in [-0.25, -0.2) is 9.97 Å². The van der Waals surface area contributed by atoms with Crippen LogP contribution in [0.15, 0.2) is 6.07 Å². The van der Waals surface area contributed by atoms with E-state index in [0.717, 1.165) is 30.9 Å². The Hall–Kier alpha value is -1.12. The second kappa shape index (κ2) is 6.38. The van der Waals surface area contributed by atoms with Gasteiger partial charge in [0.25, 0.3) is 0 Å². The van der Waals surface area contributed by atoms with Gasteiger partial charge in [0.15, 0.2) is 0 Å². The van der Waals surface area contributed by atoms with Crippen LogP contribution in [0, 0.1) is 0 Å². The van der Waals surface area contributed by atoms with Gasteiger partial charge in [-0.15, -0.1) is 0 Å². The van der Waals surface area contributed by atoms with Crippen molar-refractivity contribution in [2.75, 3.05) is 12.4 Å². The maximum absolute atomic E-state index is 4.56. The monoisotopic (exact) mass is 207 g/mol. The van der Waals surface area contributed by atoms with Crippen LogP contribution in [0.2, 0.25) is 0 Å². The van der Waals surface area contributed by atoms with Gasteiger partial charge in [-0.2, -0.15) is 0 Å². The first kappa shape index (κ1) is 12.0. The van der Waals surface area contributed by atoms with E-state index in [1.807, 2.05) is 7.05 Å². The zero-order valence-electron chi connectivity index (χ0n) is 10.0. The van der Waals surface area contributed by atoms with Crippen LogP contribution in [0.3, 0.4) is 0 Å². The third-order valence-corrected chi connectivity index (χ3v) is 2.34. The zero-order valence-corrected chi connectivity index (χ0v) is 10.0. The van der Waals surface area contributed by atoms with Crippen molar-refractivity contribution in [2.24, 2.45) is 0 Å². The van der Waals surface area contributed by atoms with Gasteiger partial charge in [0.1, 0.15) is 11.6 Å². The first-order valence-corrected chi connectivity index (χ1v) is 5.84. The van der Waals surface area contributed by atoms with Crippen molar-refractivity contribution in [2.45, 2.75) is 46.0 Å². The largest absolute Gasteiger partial charge is 0.373 e. The molecule has 0 radical (unpaired) electrons. The molecule has 0 saturated heterocycles. The minimum Gasteiger partial charge on any atom is -0.373 e. The molecule has 0 fully saturated rings. The van der Waals surface area contributed by atoms with Gasteiger partial charge >= 0.3 is 0 Å². The molecule has 84 valence electrons. The lowest BCUT2D eigenvalue weighted by atomic mass is 10.2. The average Bonchev–Trinajstić information content (AvgIpc) is 2.26. The summed E-state index contributed by atoms with van der Waals surface area (Å²) in [6.45, 7) is 4.36. The second-order valence-electron chi connectivity index (χ2n) is 3.76. The van der Waals surface area contributed by atoms with Crippen LogP contribution in [0.1, 0.15) is 44.6 Å². The summed E-state index contributed by atoms with van der Waals surface area (Å²) in [5, 5.41) is 3.09. The van der Waals surface area contributed by atoms with Crippen molar-refractivity contribution in [1.29, 1.82) is 0 Å². The Morgan fingerprint density at radius 2 is 1.93 bits per heavy atom. The van der Waals surface area contributed by atoms with Crippen molar-refractivity contribution in [3.8, 4) is 0 Å². The Labute approximate surface area is 92.3 Å². The lowest BCUT2D eigenvalue weighted by Gasteiger charge is -2.06. The molecule has 1 aromatic rings. The van der Waals surface area contributed by atoms with E-state index in [-0.39, 0.29) is 0 Å². The van der Waals surface area contributed by atoms with E-state index in [1.54, 1.807) is 0 Å². The summed E-state index contributed by atoms with van der Waals surface area (Å²) in [5.41, 5.74) is 1.17. The Morgan fingerprint density at radius 1 is 1.13 bits per heavy atom. The van der Waals surface area contributed by atoms with Gasteiger partial charge in [0, 0.05) is 25.2 Å². The number of aromatic nitrogens is 2. The molecule has 1 heterocycles. The number of aryl methyl sites for hydroxylation is 2. The van der Waals surface area contributed by atoms with Gasteiger partial charge in [-0.3, -0.25) is 0 Å². The van der Waals surface area contributed by atoms with Crippen molar-refractivity contribution in [3.05, 3.63) is 17.6 Å². The van der Waals surface area contributed by atoms with Gasteiger partial charge in [-0.05, 0) is 19.3 Å². The Kier molecular flexibility index (Phi) is 5.08. The number of hydrogen-bond donors (Lipinski definition) is 1. The van der Waals surface area contributed by atoms with Crippen LogP contribution in [0.25, 0.3) is 0 Å². The topological polar surface area (TPSA) is 37.8 Å². The summed E-state index contributed by atoms with van der Waals surface area (Å²) in [5.74, 6) is 1.91. The van der Waals surface area contributed by atoms with Gasteiger partial charge in [0.2, 0.25) is 0 Å². The van der Waals surface area contributed by atoms with Crippen molar-refractivity contribution in [1.82, 2.24) is 9.97 Å². The molecule has 0 aromatic carbocycles. The second-order valence-corrected chi connectivity index (χ2v) is 3.76. The molecule has 3 nitrogen and oxygen atoms in total. The predicted octanol–water partition coefficient (Wildman–Crippen LogP) is 2.81. The van der Waals surface area contributed by atoms with Crippen LogP contribution in [-0.2, 0) is 12.8 Å². The molecule has 0 amide bonds. The van der Waals surface area contributed by atoms with E-state index >= 15 is 0 Å². The number of nitrogens with zero attached hydrogens (tertiary/aromatic N) is 2. The summed E-state index contributed by atoms with van der Waals surface area (Å²) in [7, 11) is 1.90. The molecule has 0 saturated carbocycles. The Balaban J connectivity index is 2.79. The summed E-state index contributed by atoms with van der Waals surface area (Å²) >= 11 is 0. The summed E-state index contributed by atoms with van der Waals surface area (Å²) < 4.78 is 0. The molecule has 3 heteroatoms. The normalized spacial score (nSPS) is 10.3. The number of unbranched alkanes of at least 4 members (excludes halogenated alkanes) is 1. The molecule has 0 aliphatic heterocycles. The lowest BCUT2D eigenvalue weighted by molar-refractivity contribution is 0.751. The maximum Gasteiger partial charge on any atom is 0.130 e. The number of nitrogens with one attached hydrogen (secondary N) is 1. The molecule has 0 atom stereocenters. The first-order valence-electron chi connectivity index (χ1n) is 5.84. The highest BCUT2D eigenvalue weighted by molar-refractivity contribution is 5.35. The fourth-order valence-corrected chi connectivity index (χ4v) is 1.50. The van der Waals surface area contributed by atoms with Crippen molar-refractivity contribution in [3.63, 3.8) is 0 Å². The van der Waals surface area contributed by atoms with Crippen molar-refractivity contribution < 1.29 is 0 Å². The highest BCUT2D eigenvalue weighted by atomic mass is 15.0. The van der Waals surface area contributed by atoms with Crippen LogP contribution in [0.4, 0.5) is 5.82 Å². The number of hydrogen-bond acceptors (Lipinski definition) is 3. The molecular formula is C12H21N3. The molecule has 1 aromatic heterocycles. The van der Waals surface area contributed by atoms with E-state index in [9.17, 15) is 0 Å². The van der Waals surface area contributed by atoms with Crippen LogP contribution in [-0.4, -0.2) is 17.0 Å². The predicted molar refractivity (Wildman–Crippen MR) is 64.2 cm³/mol. The molecule has 0 aliphatic carbocycles. The molecule has 1 N–H and O–H groups in total. The Morgan fingerprint density at radius 3 is 2.53 bits per heavy atom. The molecule has 0 spiro atoms. The smallest absolute Gasteiger partial charge is 0.130 e. The van der Waals surface area contributed by atoms with Crippen LogP contribution in [0.5, 0.6) is 0 Å². The molecule has 0 aliphatic rings. The summed E-state index contributed by atoms with van der Waals surface area (Å²) in [6, 6.07) is 2.05. The molecular weight excluding hydrogens is 186 g/mol. The molecule has 1 rings (SSSR count). The first-order chi connectivity index (χ1) is 7.30.